The Balaban J connectivity index is 1.97. The number of aromatic amines is 1. The summed E-state index contributed by atoms with van der Waals surface area (Å²) in [6.07, 6.45) is 1.75. The molecule has 0 aromatic carbocycles. The quantitative estimate of drug-likeness (QED) is 0.755. The minimum atomic E-state index is 0.580. The first kappa shape index (κ1) is 13.3. The number of hydrogen-bond donors (Lipinski definition) is 2. The number of rotatable bonds is 4. The van der Waals surface area contributed by atoms with Gasteiger partial charge >= 0.3 is 0 Å². The van der Waals surface area contributed by atoms with Gasteiger partial charge in [-0.25, -0.2) is 0 Å². The van der Waals surface area contributed by atoms with Crippen LogP contribution in [-0.4, -0.2) is 34.3 Å². The Bertz CT molecular complexity index is 736. The van der Waals surface area contributed by atoms with Crippen molar-refractivity contribution in [2.75, 3.05) is 24.3 Å². The van der Waals surface area contributed by atoms with E-state index in [9.17, 15) is 0 Å². The van der Waals surface area contributed by atoms with E-state index in [1.807, 2.05) is 7.05 Å². The molecule has 2 N–H and O–H groups in total. The van der Waals surface area contributed by atoms with Crippen LogP contribution in [0.1, 0.15) is 4.88 Å². The maximum atomic E-state index is 4.53. The average molecular weight is 353 g/mol. The SMILES string of the molecule is CNc1nc(N(C)Cc2cc(Br)cs2)c2cn[nH]c2n1. The molecule has 0 amide bonds. The van der Waals surface area contributed by atoms with E-state index in [2.05, 4.69) is 57.8 Å². The first-order chi connectivity index (χ1) is 9.67. The lowest BCUT2D eigenvalue weighted by atomic mass is 10.3. The average Bonchev–Trinajstić information content (AvgIpc) is 3.06. The van der Waals surface area contributed by atoms with Gasteiger partial charge in [-0.1, -0.05) is 0 Å². The van der Waals surface area contributed by atoms with Crippen LogP contribution in [-0.2, 0) is 6.54 Å². The molecular formula is C12H13BrN6S. The molecule has 0 aliphatic carbocycles. The minimum Gasteiger partial charge on any atom is -0.357 e. The topological polar surface area (TPSA) is 69.7 Å². The van der Waals surface area contributed by atoms with Crippen LogP contribution in [0.15, 0.2) is 22.1 Å². The van der Waals surface area contributed by atoms with Gasteiger partial charge in [-0.2, -0.15) is 15.1 Å². The zero-order valence-corrected chi connectivity index (χ0v) is 13.4. The van der Waals surface area contributed by atoms with E-state index in [0.29, 0.717) is 5.95 Å². The number of nitrogens with zero attached hydrogens (tertiary/aromatic N) is 4. The number of halogens is 1. The number of aromatic nitrogens is 4. The van der Waals surface area contributed by atoms with Crippen molar-refractivity contribution < 1.29 is 0 Å². The number of anilines is 2. The number of hydrogen-bond acceptors (Lipinski definition) is 6. The van der Waals surface area contributed by atoms with Gasteiger partial charge in [0.15, 0.2) is 5.65 Å². The molecule has 0 aliphatic heterocycles. The molecule has 8 heteroatoms. The van der Waals surface area contributed by atoms with E-state index in [1.165, 1.54) is 4.88 Å². The van der Waals surface area contributed by atoms with Gasteiger partial charge in [0.1, 0.15) is 5.82 Å². The molecule has 20 heavy (non-hydrogen) atoms. The fraction of sp³-hybridized carbons (Fsp3) is 0.250. The molecular weight excluding hydrogens is 340 g/mol. The fourth-order valence-electron chi connectivity index (χ4n) is 1.97. The van der Waals surface area contributed by atoms with Crippen molar-refractivity contribution in [3.8, 4) is 0 Å². The normalized spacial score (nSPS) is 10.9. The Morgan fingerprint density at radius 1 is 1.45 bits per heavy atom. The second kappa shape index (κ2) is 5.37. The van der Waals surface area contributed by atoms with Crippen LogP contribution >= 0.6 is 27.3 Å². The summed E-state index contributed by atoms with van der Waals surface area (Å²) in [5.41, 5.74) is 0.735. The lowest BCUT2D eigenvalue weighted by molar-refractivity contribution is 0.915. The van der Waals surface area contributed by atoms with Crippen LogP contribution in [0, 0.1) is 0 Å². The van der Waals surface area contributed by atoms with Crippen molar-refractivity contribution in [3.05, 3.63) is 27.0 Å². The Morgan fingerprint density at radius 2 is 2.30 bits per heavy atom. The molecule has 0 unspecified atom stereocenters. The summed E-state index contributed by atoms with van der Waals surface area (Å²) in [7, 11) is 3.82. The molecule has 0 saturated carbocycles. The van der Waals surface area contributed by atoms with Gasteiger partial charge in [0.2, 0.25) is 5.95 Å². The van der Waals surface area contributed by atoms with E-state index in [-0.39, 0.29) is 0 Å². The lowest BCUT2D eigenvalue weighted by Gasteiger charge is -2.18. The maximum Gasteiger partial charge on any atom is 0.226 e. The fourth-order valence-corrected chi connectivity index (χ4v) is 3.47. The number of thiophene rings is 1. The van der Waals surface area contributed by atoms with Crippen LogP contribution in [0.2, 0.25) is 0 Å². The van der Waals surface area contributed by atoms with Crippen molar-refractivity contribution in [2.24, 2.45) is 0 Å². The number of nitrogens with one attached hydrogen (secondary N) is 2. The standard InChI is InChI=1S/C12H13BrN6S/c1-14-12-16-10-9(4-15-18-10)11(17-12)19(2)5-8-3-7(13)6-20-8/h3-4,6H,5H2,1-2H3,(H2,14,15,16,17,18). The Labute approximate surface area is 128 Å². The molecule has 0 aliphatic rings. The van der Waals surface area contributed by atoms with E-state index in [1.54, 1.807) is 24.6 Å². The van der Waals surface area contributed by atoms with E-state index < -0.39 is 0 Å². The van der Waals surface area contributed by atoms with Crippen LogP contribution in [0.4, 0.5) is 11.8 Å². The highest BCUT2D eigenvalue weighted by atomic mass is 79.9. The van der Waals surface area contributed by atoms with Crippen molar-refractivity contribution in [2.45, 2.75) is 6.54 Å². The molecule has 0 fully saturated rings. The molecule has 0 bridgehead atoms. The first-order valence-corrected chi connectivity index (χ1v) is 7.67. The largest absolute Gasteiger partial charge is 0.357 e. The summed E-state index contributed by atoms with van der Waals surface area (Å²) in [6, 6.07) is 2.12. The highest BCUT2D eigenvalue weighted by Gasteiger charge is 2.13. The third kappa shape index (κ3) is 2.48. The Morgan fingerprint density at radius 3 is 3.00 bits per heavy atom. The zero-order chi connectivity index (χ0) is 14.1. The summed E-state index contributed by atoms with van der Waals surface area (Å²) in [4.78, 5) is 12.2. The van der Waals surface area contributed by atoms with Crippen molar-refractivity contribution in [1.29, 1.82) is 0 Å². The van der Waals surface area contributed by atoms with E-state index >= 15 is 0 Å². The third-order valence-corrected chi connectivity index (χ3v) is 4.57. The summed E-state index contributed by atoms with van der Waals surface area (Å²) in [5.74, 6) is 1.44. The smallest absolute Gasteiger partial charge is 0.226 e. The monoisotopic (exact) mass is 352 g/mol. The third-order valence-electron chi connectivity index (χ3n) is 2.89. The highest BCUT2D eigenvalue weighted by molar-refractivity contribution is 9.10. The van der Waals surface area contributed by atoms with Gasteiger partial charge in [-0.05, 0) is 22.0 Å². The number of H-pyrrole nitrogens is 1. The van der Waals surface area contributed by atoms with Crippen LogP contribution < -0.4 is 10.2 Å². The van der Waals surface area contributed by atoms with Crippen molar-refractivity contribution in [3.63, 3.8) is 0 Å². The maximum absolute atomic E-state index is 4.53. The Kier molecular flexibility index (Phi) is 3.58. The molecule has 0 saturated heterocycles. The molecule has 3 heterocycles. The molecule has 3 aromatic heterocycles. The summed E-state index contributed by atoms with van der Waals surface area (Å²) >= 11 is 5.19. The zero-order valence-electron chi connectivity index (χ0n) is 11.0. The van der Waals surface area contributed by atoms with Gasteiger partial charge < -0.3 is 10.2 Å². The van der Waals surface area contributed by atoms with Crippen molar-refractivity contribution >= 4 is 50.1 Å². The molecule has 3 aromatic rings. The molecule has 0 atom stereocenters. The summed E-state index contributed by atoms with van der Waals surface area (Å²) in [6.45, 7) is 0.788. The molecule has 104 valence electrons. The lowest BCUT2D eigenvalue weighted by Crippen LogP contribution is -2.18. The molecule has 0 spiro atoms. The van der Waals surface area contributed by atoms with Crippen LogP contribution in [0.25, 0.3) is 11.0 Å². The molecule has 0 radical (unpaired) electrons. The van der Waals surface area contributed by atoms with Gasteiger partial charge in [0.25, 0.3) is 0 Å². The minimum absolute atomic E-state index is 0.580. The van der Waals surface area contributed by atoms with Crippen LogP contribution in [0.3, 0.4) is 0 Å². The van der Waals surface area contributed by atoms with Gasteiger partial charge in [0.05, 0.1) is 18.1 Å². The summed E-state index contributed by atoms with van der Waals surface area (Å²) in [5, 5.41) is 12.9. The van der Waals surface area contributed by atoms with Gasteiger partial charge in [0, 0.05) is 28.8 Å². The first-order valence-electron chi connectivity index (χ1n) is 6.00. The highest BCUT2D eigenvalue weighted by Crippen LogP contribution is 2.26. The Hall–Kier alpha value is -1.67. The molecule has 6 nitrogen and oxygen atoms in total. The van der Waals surface area contributed by atoms with Gasteiger partial charge in [-0.15, -0.1) is 11.3 Å². The molecule has 3 rings (SSSR count). The van der Waals surface area contributed by atoms with E-state index in [0.717, 1.165) is 27.9 Å². The second-order valence-corrected chi connectivity index (χ2v) is 6.25. The van der Waals surface area contributed by atoms with Crippen molar-refractivity contribution in [1.82, 2.24) is 20.2 Å². The van der Waals surface area contributed by atoms with Gasteiger partial charge in [-0.3, -0.25) is 5.10 Å². The number of fused-ring (bicyclic) bond motifs is 1. The van der Waals surface area contributed by atoms with E-state index in [4.69, 9.17) is 0 Å². The second-order valence-electron chi connectivity index (χ2n) is 4.34. The summed E-state index contributed by atoms with van der Waals surface area (Å²) < 4.78 is 1.11. The predicted molar refractivity (Wildman–Crippen MR) is 85.4 cm³/mol. The van der Waals surface area contributed by atoms with Crippen LogP contribution in [0.5, 0.6) is 0 Å². The predicted octanol–water partition coefficient (Wildman–Crippen LogP) is 2.86.